The number of hydrogen-bond donors (Lipinski definition) is 2. The van der Waals surface area contributed by atoms with Gasteiger partial charge in [-0.05, 0) is 19.4 Å². The van der Waals surface area contributed by atoms with Crippen molar-refractivity contribution in [1.29, 1.82) is 0 Å². The number of benzene rings is 1. The second-order valence-corrected chi connectivity index (χ2v) is 4.53. The van der Waals surface area contributed by atoms with Gasteiger partial charge >= 0.3 is 6.36 Å². The van der Waals surface area contributed by atoms with Gasteiger partial charge in [-0.2, -0.15) is 0 Å². The number of para-hydroxylation sites is 1. The number of rotatable bonds is 5. The molecule has 0 heterocycles. The summed E-state index contributed by atoms with van der Waals surface area (Å²) in [6, 6.07) is 6.24. The Kier molecular flexibility index (Phi) is 9.22. The number of halogens is 4. The van der Waals surface area contributed by atoms with Crippen molar-refractivity contribution in [3.05, 3.63) is 29.8 Å². The molecule has 126 valence electrons. The van der Waals surface area contributed by atoms with Crippen LogP contribution >= 0.6 is 24.0 Å². The van der Waals surface area contributed by atoms with Crippen LogP contribution < -0.4 is 15.4 Å². The summed E-state index contributed by atoms with van der Waals surface area (Å²) >= 11 is 0. The fraction of sp³-hybridized carbons (Fsp3) is 0.500. The van der Waals surface area contributed by atoms with E-state index in [1.807, 2.05) is 13.8 Å². The lowest BCUT2D eigenvalue weighted by Crippen LogP contribution is -2.41. The van der Waals surface area contributed by atoms with E-state index in [-0.39, 0.29) is 42.3 Å². The van der Waals surface area contributed by atoms with Gasteiger partial charge in [-0.15, -0.1) is 37.1 Å². The highest BCUT2D eigenvalue weighted by Crippen LogP contribution is 2.25. The first-order chi connectivity index (χ1) is 9.85. The molecule has 1 rings (SSSR count). The highest BCUT2D eigenvalue weighted by Gasteiger charge is 2.31. The molecule has 0 aromatic heterocycles. The topological polar surface area (TPSA) is 45.7 Å². The zero-order valence-electron chi connectivity index (χ0n) is 12.7. The molecule has 0 aliphatic carbocycles. The van der Waals surface area contributed by atoms with E-state index in [1.165, 1.54) is 12.1 Å². The highest BCUT2D eigenvalue weighted by molar-refractivity contribution is 14.0. The molecule has 0 bridgehead atoms. The van der Waals surface area contributed by atoms with E-state index in [4.69, 9.17) is 0 Å². The van der Waals surface area contributed by atoms with Gasteiger partial charge in [0.15, 0.2) is 5.96 Å². The molecular formula is C14H21F3IN3O. The van der Waals surface area contributed by atoms with E-state index in [0.717, 1.165) is 6.42 Å². The third-order valence-electron chi connectivity index (χ3n) is 2.86. The minimum Gasteiger partial charge on any atom is -0.405 e. The van der Waals surface area contributed by atoms with Gasteiger partial charge < -0.3 is 15.4 Å². The van der Waals surface area contributed by atoms with Gasteiger partial charge in [0.25, 0.3) is 0 Å². The van der Waals surface area contributed by atoms with Crippen LogP contribution in [0.4, 0.5) is 13.2 Å². The average Bonchev–Trinajstić information content (AvgIpc) is 2.42. The van der Waals surface area contributed by atoms with Crippen LogP contribution in [0.25, 0.3) is 0 Å². The van der Waals surface area contributed by atoms with Gasteiger partial charge in [0, 0.05) is 25.2 Å². The first-order valence-electron chi connectivity index (χ1n) is 6.66. The number of ether oxygens (including phenoxy) is 1. The number of nitrogens with one attached hydrogen (secondary N) is 2. The number of guanidine groups is 1. The van der Waals surface area contributed by atoms with Crippen LogP contribution in [0.5, 0.6) is 5.75 Å². The molecule has 0 saturated carbocycles. The van der Waals surface area contributed by atoms with Gasteiger partial charge in [-0.3, -0.25) is 4.99 Å². The van der Waals surface area contributed by atoms with E-state index >= 15 is 0 Å². The third kappa shape index (κ3) is 7.71. The van der Waals surface area contributed by atoms with Gasteiger partial charge in [-0.1, -0.05) is 25.1 Å². The molecule has 8 heteroatoms. The van der Waals surface area contributed by atoms with Crippen LogP contribution in [0, 0.1) is 0 Å². The molecular weight excluding hydrogens is 410 g/mol. The molecule has 1 atom stereocenters. The van der Waals surface area contributed by atoms with Crippen molar-refractivity contribution < 1.29 is 17.9 Å². The Morgan fingerprint density at radius 3 is 2.50 bits per heavy atom. The van der Waals surface area contributed by atoms with Crippen molar-refractivity contribution in [2.24, 2.45) is 4.99 Å². The largest absolute Gasteiger partial charge is 0.573 e. The molecule has 0 radical (unpaired) electrons. The molecule has 0 amide bonds. The molecule has 1 unspecified atom stereocenters. The van der Waals surface area contributed by atoms with Crippen molar-refractivity contribution in [1.82, 2.24) is 10.6 Å². The summed E-state index contributed by atoms with van der Waals surface area (Å²) in [5.41, 5.74) is 0.405. The first-order valence-corrected chi connectivity index (χ1v) is 6.66. The monoisotopic (exact) mass is 431 g/mol. The Balaban J connectivity index is 0.00000441. The molecule has 1 aromatic rings. The number of aliphatic imine (C=N–C) groups is 1. The maximum atomic E-state index is 12.3. The van der Waals surface area contributed by atoms with Crippen LogP contribution in [0.15, 0.2) is 29.3 Å². The maximum Gasteiger partial charge on any atom is 0.573 e. The van der Waals surface area contributed by atoms with E-state index in [0.29, 0.717) is 11.5 Å². The summed E-state index contributed by atoms with van der Waals surface area (Å²) < 4.78 is 41.0. The van der Waals surface area contributed by atoms with Crippen LogP contribution in [0.2, 0.25) is 0 Å². The molecule has 0 saturated heterocycles. The minimum absolute atomic E-state index is 0. The predicted molar refractivity (Wildman–Crippen MR) is 91.6 cm³/mol. The second kappa shape index (κ2) is 9.75. The Morgan fingerprint density at radius 2 is 1.95 bits per heavy atom. The standard InChI is InChI=1S/C14H20F3N3O.HI/c1-4-10(2)20-13(18-3)19-9-11-7-5-6-8-12(11)21-14(15,16)17;/h5-8,10H,4,9H2,1-3H3,(H2,18,19,20);1H. The van der Waals surface area contributed by atoms with Gasteiger partial charge in [0.05, 0.1) is 0 Å². The van der Waals surface area contributed by atoms with Crippen molar-refractivity contribution in [2.45, 2.75) is 39.2 Å². The smallest absolute Gasteiger partial charge is 0.405 e. The number of hydrogen-bond acceptors (Lipinski definition) is 2. The molecule has 0 aliphatic heterocycles. The summed E-state index contributed by atoms with van der Waals surface area (Å²) in [4.78, 5) is 4.03. The zero-order chi connectivity index (χ0) is 15.9. The SMILES string of the molecule is CCC(C)NC(=NC)NCc1ccccc1OC(F)(F)F.I. The molecule has 0 fully saturated rings. The summed E-state index contributed by atoms with van der Waals surface area (Å²) in [5.74, 6) is 0.322. The quantitative estimate of drug-likeness (QED) is 0.425. The summed E-state index contributed by atoms with van der Waals surface area (Å²) in [5, 5.41) is 6.10. The molecule has 4 nitrogen and oxygen atoms in total. The fourth-order valence-corrected chi connectivity index (χ4v) is 1.58. The second-order valence-electron chi connectivity index (χ2n) is 4.53. The Labute approximate surface area is 145 Å². The van der Waals surface area contributed by atoms with Crippen molar-refractivity contribution in [3.8, 4) is 5.75 Å². The van der Waals surface area contributed by atoms with Crippen molar-refractivity contribution >= 4 is 29.9 Å². The highest BCUT2D eigenvalue weighted by atomic mass is 127. The summed E-state index contributed by atoms with van der Waals surface area (Å²) in [6.45, 7) is 4.20. The van der Waals surface area contributed by atoms with Crippen LogP contribution in [-0.2, 0) is 6.54 Å². The zero-order valence-corrected chi connectivity index (χ0v) is 15.0. The Morgan fingerprint density at radius 1 is 1.32 bits per heavy atom. The molecule has 0 aliphatic rings. The Hall–Kier alpha value is -1.19. The molecule has 1 aromatic carbocycles. The van der Waals surface area contributed by atoms with Crippen LogP contribution in [0.3, 0.4) is 0 Å². The molecule has 2 N–H and O–H groups in total. The third-order valence-corrected chi connectivity index (χ3v) is 2.86. The predicted octanol–water partition coefficient (Wildman–Crippen LogP) is 3.67. The fourth-order valence-electron chi connectivity index (χ4n) is 1.58. The Bertz CT molecular complexity index is 481. The van der Waals surface area contributed by atoms with Gasteiger partial charge in [-0.25, -0.2) is 0 Å². The van der Waals surface area contributed by atoms with Crippen LogP contribution in [0.1, 0.15) is 25.8 Å². The average molecular weight is 431 g/mol. The molecule has 22 heavy (non-hydrogen) atoms. The van der Waals surface area contributed by atoms with Gasteiger partial charge in [0.2, 0.25) is 0 Å². The van der Waals surface area contributed by atoms with Gasteiger partial charge in [0.1, 0.15) is 5.75 Å². The normalized spacial score (nSPS) is 13.1. The first kappa shape index (κ1) is 20.8. The lowest BCUT2D eigenvalue weighted by molar-refractivity contribution is -0.274. The van der Waals surface area contributed by atoms with Crippen LogP contribution in [-0.4, -0.2) is 25.4 Å². The maximum absolute atomic E-state index is 12.3. The minimum atomic E-state index is -4.70. The van der Waals surface area contributed by atoms with Crippen molar-refractivity contribution in [3.63, 3.8) is 0 Å². The summed E-state index contributed by atoms with van der Waals surface area (Å²) in [6.07, 6.45) is -3.79. The number of alkyl halides is 3. The van der Waals surface area contributed by atoms with E-state index in [1.54, 1.807) is 19.2 Å². The lowest BCUT2D eigenvalue weighted by Gasteiger charge is -2.18. The van der Waals surface area contributed by atoms with E-state index in [2.05, 4.69) is 20.4 Å². The van der Waals surface area contributed by atoms with Crippen molar-refractivity contribution in [2.75, 3.05) is 7.05 Å². The lowest BCUT2D eigenvalue weighted by atomic mass is 10.2. The van der Waals surface area contributed by atoms with E-state index < -0.39 is 6.36 Å². The number of nitrogens with zero attached hydrogens (tertiary/aromatic N) is 1. The molecule has 0 spiro atoms. The summed E-state index contributed by atoms with van der Waals surface area (Å²) in [7, 11) is 1.61. The van der Waals surface area contributed by atoms with E-state index in [9.17, 15) is 13.2 Å².